The fraction of sp³-hybridized carbons (Fsp3) is 0.444. The molecule has 5 nitrogen and oxygen atoms in total. The predicted molar refractivity (Wildman–Crippen MR) is 53.2 cm³/mol. The minimum absolute atomic E-state index is 0.386. The van der Waals surface area contributed by atoms with E-state index in [4.69, 9.17) is 0 Å². The van der Waals surface area contributed by atoms with Gasteiger partial charge in [0.25, 0.3) is 5.56 Å². The maximum absolute atomic E-state index is 11.4. The lowest BCUT2D eigenvalue weighted by atomic mass is 10.3. The third-order valence-corrected chi connectivity index (χ3v) is 1.82. The highest BCUT2D eigenvalue weighted by Crippen LogP contribution is 1.88. The standard InChI is InChI=1S/C9H13N3O2/c1-7(2)4-5-12-9(14)11(3)8(13)6-10-12/h4,6H,5H2,1-3H3. The molecule has 1 aromatic rings. The van der Waals surface area contributed by atoms with E-state index in [1.165, 1.54) is 11.7 Å². The summed E-state index contributed by atoms with van der Waals surface area (Å²) in [4.78, 5) is 22.4. The zero-order valence-corrected chi connectivity index (χ0v) is 8.52. The molecule has 0 amide bonds. The quantitative estimate of drug-likeness (QED) is 0.619. The molecule has 0 fully saturated rings. The van der Waals surface area contributed by atoms with E-state index in [1.807, 2.05) is 19.9 Å². The molecule has 0 aliphatic heterocycles. The second kappa shape index (κ2) is 4.04. The van der Waals surface area contributed by atoms with E-state index in [0.717, 1.165) is 16.3 Å². The van der Waals surface area contributed by atoms with Crippen LogP contribution in [0.1, 0.15) is 13.8 Å². The van der Waals surface area contributed by atoms with Crippen LogP contribution >= 0.6 is 0 Å². The van der Waals surface area contributed by atoms with Crippen molar-refractivity contribution in [3.05, 3.63) is 38.7 Å². The molecule has 14 heavy (non-hydrogen) atoms. The molecular weight excluding hydrogens is 182 g/mol. The van der Waals surface area contributed by atoms with Crippen molar-refractivity contribution in [2.24, 2.45) is 7.05 Å². The van der Waals surface area contributed by atoms with Gasteiger partial charge in [-0.2, -0.15) is 5.10 Å². The van der Waals surface area contributed by atoms with E-state index in [9.17, 15) is 9.59 Å². The van der Waals surface area contributed by atoms with Crippen LogP contribution in [0.2, 0.25) is 0 Å². The number of rotatable bonds is 2. The largest absolute Gasteiger partial charge is 0.347 e. The van der Waals surface area contributed by atoms with Crippen LogP contribution in [-0.4, -0.2) is 14.3 Å². The summed E-state index contributed by atoms with van der Waals surface area (Å²) in [6.07, 6.45) is 3.01. The minimum Gasteiger partial charge on any atom is -0.267 e. The highest BCUT2D eigenvalue weighted by molar-refractivity contribution is 4.92. The van der Waals surface area contributed by atoms with Crippen LogP contribution < -0.4 is 11.2 Å². The highest BCUT2D eigenvalue weighted by Gasteiger charge is 1.99. The SMILES string of the molecule is CC(C)=CCn1ncc(=O)n(C)c1=O. The highest BCUT2D eigenvalue weighted by atomic mass is 16.2. The maximum atomic E-state index is 11.4. The summed E-state index contributed by atoms with van der Waals surface area (Å²) in [6, 6.07) is 0. The van der Waals surface area contributed by atoms with E-state index in [1.54, 1.807) is 0 Å². The number of hydrogen-bond acceptors (Lipinski definition) is 3. The third-order valence-electron chi connectivity index (χ3n) is 1.82. The molecule has 1 rings (SSSR count). The second-order valence-corrected chi connectivity index (χ2v) is 3.29. The molecule has 0 radical (unpaired) electrons. The van der Waals surface area contributed by atoms with Crippen molar-refractivity contribution in [3.8, 4) is 0 Å². The molecule has 76 valence electrons. The first-order valence-electron chi connectivity index (χ1n) is 4.29. The van der Waals surface area contributed by atoms with Crippen molar-refractivity contribution in [3.63, 3.8) is 0 Å². The number of hydrogen-bond donors (Lipinski definition) is 0. The number of nitrogens with zero attached hydrogens (tertiary/aromatic N) is 3. The summed E-state index contributed by atoms with van der Waals surface area (Å²) in [6.45, 7) is 4.27. The molecule has 0 saturated carbocycles. The normalized spacial score (nSPS) is 9.93. The Morgan fingerprint density at radius 2 is 2.14 bits per heavy atom. The summed E-state index contributed by atoms with van der Waals surface area (Å²) >= 11 is 0. The zero-order valence-electron chi connectivity index (χ0n) is 8.52. The Hall–Kier alpha value is -1.65. The second-order valence-electron chi connectivity index (χ2n) is 3.29. The molecule has 0 aliphatic carbocycles. The molecule has 0 N–H and O–H groups in total. The van der Waals surface area contributed by atoms with Gasteiger partial charge >= 0.3 is 5.69 Å². The van der Waals surface area contributed by atoms with Crippen molar-refractivity contribution in [1.82, 2.24) is 14.3 Å². The van der Waals surface area contributed by atoms with Crippen LogP contribution in [0, 0.1) is 0 Å². The van der Waals surface area contributed by atoms with Crippen molar-refractivity contribution < 1.29 is 0 Å². The molecule has 0 saturated heterocycles. The topological polar surface area (TPSA) is 56.9 Å². The van der Waals surface area contributed by atoms with E-state index < -0.39 is 5.69 Å². The van der Waals surface area contributed by atoms with Gasteiger partial charge in [-0.3, -0.25) is 9.36 Å². The van der Waals surface area contributed by atoms with Gasteiger partial charge in [0.15, 0.2) is 0 Å². The van der Waals surface area contributed by atoms with Gasteiger partial charge in [0, 0.05) is 7.05 Å². The first-order valence-corrected chi connectivity index (χ1v) is 4.29. The third kappa shape index (κ3) is 2.18. The van der Waals surface area contributed by atoms with Crippen LogP contribution in [-0.2, 0) is 13.6 Å². The predicted octanol–water partition coefficient (Wildman–Crippen LogP) is -0.0918. The molecule has 5 heteroatoms. The summed E-state index contributed by atoms with van der Waals surface area (Å²) in [5.41, 5.74) is 0.325. The number of allylic oxidation sites excluding steroid dienone is 2. The molecule has 1 heterocycles. The summed E-state index contributed by atoms with van der Waals surface area (Å²) in [5.74, 6) is 0. The van der Waals surface area contributed by atoms with Gasteiger partial charge in [0.1, 0.15) is 6.20 Å². The van der Waals surface area contributed by atoms with Gasteiger partial charge in [0.2, 0.25) is 0 Å². The van der Waals surface area contributed by atoms with Gasteiger partial charge in [-0.25, -0.2) is 9.48 Å². The van der Waals surface area contributed by atoms with Crippen LogP contribution in [0.4, 0.5) is 0 Å². The average molecular weight is 195 g/mol. The summed E-state index contributed by atoms with van der Waals surface area (Å²) < 4.78 is 2.28. The van der Waals surface area contributed by atoms with Gasteiger partial charge in [-0.15, -0.1) is 0 Å². The lowest BCUT2D eigenvalue weighted by molar-refractivity contribution is 0.566. The molecule has 0 aliphatic rings. The Morgan fingerprint density at radius 3 is 2.71 bits per heavy atom. The van der Waals surface area contributed by atoms with Crippen LogP contribution in [0.3, 0.4) is 0 Å². The van der Waals surface area contributed by atoms with Crippen molar-refractivity contribution in [1.29, 1.82) is 0 Å². The Morgan fingerprint density at radius 1 is 1.50 bits per heavy atom. The average Bonchev–Trinajstić information content (AvgIpc) is 2.13. The Balaban J connectivity index is 3.13. The number of aromatic nitrogens is 3. The first-order chi connectivity index (χ1) is 6.52. The molecule has 0 atom stereocenters. The maximum Gasteiger partial charge on any atom is 0.347 e. The monoisotopic (exact) mass is 195 g/mol. The fourth-order valence-electron chi connectivity index (χ4n) is 0.917. The van der Waals surface area contributed by atoms with E-state index in [0.29, 0.717) is 6.54 Å². The van der Waals surface area contributed by atoms with E-state index >= 15 is 0 Å². The molecular formula is C9H13N3O2. The Kier molecular flexibility index (Phi) is 3.01. The van der Waals surface area contributed by atoms with Gasteiger partial charge in [-0.05, 0) is 13.8 Å². The molecule has 0 unspecified atom stereocenters. The van der Waals surface area contributed by atoms with Gasteiger partial charge in [0.05, 0.1) is 6.54 Å². The lowest BCUT2D eigenvalue weighted by Crippen LogP contribution is -2.38. The fourth-order valence-corrected chi connectivity index (χ4v) is 0.917. The van der Waals surface area contributed by atoms with Crippen LogP contribution in [0.5, 0.6) is 0 Å². The van der Waals surface area contributed by atoms with Crippen molar-refractivity contribution in [2.75, 3.05) is 0 Å². The van der Waals surface area contributed by atoms with Crippen LogP contribution in [0.15, 0.2) is 27.4 Å². The summed E-state index contributed by atoms with van der Waals surface area (Å²) in [5, 5.41) is 3.74. The molecule has 0 spiro atoms. The van der Waals surface area contributed by atoms with Crippen molar-refractivity contribution >= 4 is 0 Å². The molecule has 1 aromatic heterocycles. The first kappa shape index (κ1) is 10.4. The van der Waals surface area contributed by atoms with Gasteiger partial charge in [-0.1, -0.05) is 11.6 Å². The molecule has 0 bridgehead atoms. The minimum atomic E-state index is -0.394. The van der Waals surface area contributed by atoms with E-state index in [2.05, 4.69) is 5.10 Å². The lowest BCUT2D eigenvalue weighted by Gasteiger charge is -2.02. The van der Waals surface area contributed by atoms with Crippen LogP contribution in [0.25, 0.3) is 0 Å². The smallest absolute Gasteiger partial charge is 0.267 e. The van der Waals surface area contributed by atoms with Crippen molar-refractivity contribution in [2.45, 2.75) is 20.4 Å². The van der Waals surface area contributed by atoms with E-state index in [-0.39, 0.29) is 5.56 Å². The Labute approximate surface area is 81.3 Å². The summed E-state index contributed by atoms with van der Waals surface area (Å²) in [7, 11) is 1.44. The zero-order chi connectivity index (χ0) is 10.7. The van der Waals surface area contributed by atoms with Gasteiger partial charge < -0.3 is 0 Å². The Bertz CT molecular complexity index is 464. The molecule has 0 aromatic carbocycles.